The number of benzene rings is 2. The lowest BCUT2D eigenvalue weighted by atomic mass is 10.1. The summed E-state index contributed by atoms with van der Waals surface area (Å²) in [4.78, 5) is 0. The quantitative estimate of drug-likeness (QED) is 0.658. The molecule has 2 aromatic rings. The van der Waals surface area contributed by atoms with Crippen LogP contribution in [0.2, 0.25) is 20.1 Å². The Morgan fingerprint density at radius 3 is 1.45 bits per heavy atom. The highest BCUT2D eigenvalue weighted by Gasteiger charge is 1.99. The molecule has 5 heteroatoms. The van der Waals surface area contributed by atoms with Crippen LogP contribution in [-0.4, -0.2) is 11.2 Å². The molecule has 1 N–H and O–H groups in total. The van der Waals surface area contributed by atoms with Crippen LogP contribution in [0, 0.1) is 0 Å². The van der Waals surface area contributed by atoms with Crippen LogP contribution in [-0.2, 0) is 0 Å². The molecule has 0 heterocycles. The van der Waals surface area contributed by atoms with Crippen LogP contribution in [0.5, 0.6) is 0 Å². The summed E-state index contributed by atoms with van der Waals surface area (Å²) in [5, 5.41) is 11.9. The van der Waals surface area contributed by atoms with E-state index >= 15 is 0 Å². The zero-order valence-electron chi connectivity index (χ0n) is 11.3. The Hall–Kier alpha value is -0.960. The maximum absolute atomic E-state index is 9.93. The van der Waals surface area contributed by atoms with Gasteiger partial charge in [-0.15, -0.1) is 0 Å². The molecule has 0 spiro atoms. The van der Waals surface area contributed by atoms with Crippen molar-refractivity contribution in [3.8, 4) is 0 Å². The van der Waals surface area contributed by atoms with E-state index in [9.17, 15) is 5.11 Å². The van der Waals surface area contributed by atoms with Gasteiger partial charge in [-0.25, -0.2) is 0 Å². The predicted octanol–water partition coefficient (Wildman–Crippen LogP) is 6.39. The molecule has 0 radical (unpaired) electrons. The second kappa shape index (κ2) is 8.05. The summed E-state index contributed by atoms with van der Waals surface area (Å²) in [7, 11) is 0. The largest absolute Gasteiger partial charge is 0.385 e. The third-order valence-electron chi connectivity index (χ3n) is 2.86. The minimum atomic E-state index is -0.732. The number of hydrogen-bond acceptors (Lipinski definition) is 1. The van der Waals surface area contributed by atoms with Gasteiger partial charge in [-0.2, -0.15) is 0 Å². The summed E-state index contributed by atoms with van der Waals surface area (Å²) in [5.74, 6) is 0. The van der Waals surface area contributed by atoms with Crippen LogP contribution in [0.1, 0.15) is 11.1 Å². The van der Waals surface area contributed by atoms with Gasteiger partial charge in [0.1, 0.15) is 0 Å². The zero-order valence-corrected chi connectivity index (χ0v) is 14.3. The van der Waals surface area contributed by atoms with E-state index in [0.29, 0.717) is 20.1 Å². The number of aliphatic hydroxyl groups is 1. The molecular formula is C17H12Cl4O. The molecule has 0 aliphatic rings. The lowest BCUT2D eigenvalue weighted by Crippen LogP contribution is -1.95. The SMILES string of the molecule is OC(/C=C/c1ccc(Cl)c(Cl)c1)/C=C/c1ccc(Cl)c(Cl)c1. The number of hydrogen-bond donors (Lipinski definition) is 1. The van der Waals surface area contributed by atoms with Crippen molar-refractivity contribution in [1.82, 2.24) is 0 Å². The first kappa shape index (κ1) is 17.4. The van der Waals surface area contributed by atoms with Gasteiger partial charge >= 0.3 is 0 Å². The van der Waals surface area contributed by atoms with Crippen molar-refractivity contribution < 1.29 is 5.11 Å². The Morgan fingerprint density at radius 1 is 0.682 bits per heavy atom. The van der Waals surface area contributed by atoms with Crippen molar-refractivity contribution in [3.05, 3.63) is 79.8 Å². The molecule has 0 amide bonds. The summed E-state index contributed by atoms with van der Waals surface area (Å²) in [6.45, 7) is 0. The standard InChI is InChI=1S/C17H12Cl4O/c18-14-7-3-11(9-16(14)20)1-5-13(22)6-2-12-4-8-15(19)17(21)10-12/h1-10,13,22H/b5-1+,6-2+. The Morgan fingerprint density at radius 2 is 1.09 bits per heavy atom. The summed E-state index contributed by atoms with van der Waals surface area (Å²) >= 11 is 23.6. The lowest BCUT2D eigenvalue weighted by Gasteiger charge is -2.01. The second-order valence-electron chi connectivity index (χ2n) is 4.56. The summed E-state index contributed by atoms with van der Waals surface area (Å²) in [5.41, 5.74) is 1.72. The lowest BCUT2D eigenvalue weighted by molar-refractivity contribution is 0.273. The molecule has 114 valence electrons. The minimum absolute atomic E-state index is 0.477. The van der Waals surface area contributed by atoms with Crippen molar-refractivity contribution in [2.24, 2.45) is 0 Å². The maximum atomic E-state index is 9.93. The molecule has 2 rings (SSSR count). The van der Waals surface area contributed by atoms with E-state index in [4.69, 9.17) is 46.4 Å². The van der Waals surface area contributed by atoms with E-state index in [1.165, 1.54) is 0 Å². The predicted molar refractivity (Wildman–Crippen MR) is 97.0 cm³/mol. The van der Waals surface area contributed by atoms with Gasteiger partial charge in [0, 0.05) is 0 Å². The van der Waals surface area contributed by atoms with E-state index in [0.717, 1.165) is 11.1 Å². The molecule has 0 saturated carbocycles. The van der Waals surface area contributed by atoms with Crippen molar-refractivity contribution >= 4 is 58.6 Å². The molecule has 0 atom stereocenters. The molecule has 1 nitrogen and oxygen atoms in total. The Balaban J connectivity index is 2.03. The highest BCUT2D eigenvalue weighted by molar-refractivity contribution is 6.42. The molecule has 0 aliphatic carbocycles. The van der Waals surface area contributed by atoms with Gasteiger partial charge in [-0.3, -0.25) is 0 Å². The summed E-state index contributed by atoms with van der Waals surface area (Å²) < 4.78 is 0. The van der Waals surface area contributed by atoms with E-state index in [1.807, 2.05) is 12.1 Å². The van der Waals surface area contributed by atoms with Crippen molar-refractivity contribution in [2.45, 2.75) is 6.10 Å². The number of halogens is 4. The van der Waals surface area contributed by atoms with Crippen LogP contribution >= 0.6 is 46.4 Å². The van der Waals surface area contributed by atoms with Crippen molar-refractivity contribution in [1.29, 1.82) is 0 Å². The second-order valence-corrected chi connectivity index (χ2v) is 6.18. The van der Waals surface area contributed by atoms with Gasteiger partial charge in [-0.1, -0.05) is 82.8 Å². The Labute approximate surface area is 149 Å². The first-order chi connectivity index (χ1) is 10.5. The highest BCUT2D eigenvalue weighted by atomic mass is 35.5. The number of rotatable bonds is 4. The van der Waals surface area contributed by atoms with E-state index in [1.54, 1.807) is 48.6 Å². The first-order valence-corrected chi connectivity index (χ1v) is 7.91. The van der Waals surface area contributed by atoms with Crippen molar-refractivity contribution in [2.75, 3.05) is 0 Å². The Kier molecular flexibility index (Phi) is 6.37. The number of aliphatic hydroxyl groups excluding tert-OH is 1. The van der Waals surface area contributed by atoms with E-state index < -0.39 is 6.10 Å². The zero-order chi connectivity index (χ0) is 16.1. The average molecular weight is 374 g/mol. The summed E-state index contributed by atoms with van der Waals surface area (Å²) in [6, 6.07) is 10.5. The maximum Gasteiger partial charge on any atom is 0.0909 e. The minimum Gasteiger partial charge on any atom is -0.385 e. The van der Waals surface area contributed by atoms with Crippen LogP contribution in [0.4, 0.5) is 0 Å². The molecule has 22 heavy (non-hydrogen) atoms. The van der Waals surface area contributed by atoms with Crippen LogP contribution in [0.15, 0.2) is 48.6 Å². The molecule has 2 aromatic carbocycles. The van der Waals surface area contributed by atoms with Crippen LogP contribution < -0.4 is 0 Å². The van der Waals surface area contributed by atoms with Gasteiger partial charge in [0.05, 0.1) is 26.2 Å². The first-order valence-electron chi connectivity index (χ1n) is 6.40. The van der Waals surface area contributed by atoms with E-state index in [-0.39, 0.29) is 0 Å². The van der Waals surface area contributed by atoms with Gasteiger partial charge < -0.3 is 5.11 Å². The van der Waals surface area contributed by atoms with Gasteiger partial charge in [0.15, 0.2) is 0 Å². The fourth-order valence-corrected chi connectivity index (χ4v) is 2.33. The molecule has 0 fully saturated rings. The fraction of sp³-hybridized carbons (Fsp3) is 0.0588. The molecular weight excluding hydrogens is 362 g/mol. The normalized spacial score (nSPS) is 11.9. The smallest absolute Gasteiger partial charge is 0.0909 e. The Bertz CT molecular complexity index is 661. The molecule has 0 saturated heterocycles. The van der Waals surface area contributed by atoms with Gasteiger partial charge in [0.2, 0.25) is 0 Å². The van der Waals surface area contributed by atoms with Gasteiger partial charge in [-0.05, 0) is 35.4 Å². The summed E-state index contributed by atoms with van der Waals surface area (Å²) in [6.07, 6.45) is 6.10. The molecule has 0 aromatic heterocycles. The monoisotopic (exact) mass is 372 g/mol. The third kappa shape index (κ3) is 5.05. The van der Waals surface area contributed by atoms with Crippen molar-refractivity contribution in [3.63, 3.8) is 0 Å². The van der Waals surface area contributed by atoms with Gasteiger partial charge in [0.25, 0.3) is 0 Å². The van der Waals surface area contributed by atoms with E-state index in [2.05, 4.69) is 0 Å². The third-order valence-corrected chi connectivity index (χ3v) is 4.34. The molecule has 0 aliphatic heterocycles. The molecule has 0 bridgehead atoms. The molecule has 0 unspecified atom stereocenters. The highest BCUT2D eigenvalue weighted by Crippen LogP contribution is 2.24. The fourth-order valence-electron chi connectivity index (χ4n) is 1.72. The topological polar surface area (TPSA) is 20.2 Å². The average Bonchev–Trinajstić information content (AvgIpc) is 2.49. The van der Waals surface area contributed by atoms with Crippen LogP contribution in [0.25, 0.3) is 12.2 Å². The van der Waals surface area contributed by atoms with Crippen LogP contribution in [0.3, 0.4) is 0 Å².